The number of imidazole rings is 1. The van der Waals surface area contributed by atoms with Crippen molar-refractivity contribution in [2.24, 2.45) is 4.99 Å². The standard InChI is InChI=1S/C25H25N5/c1-6-15(3)23-22(18-13-12-16(4)20(26)14-18)29-25-19-10-8-9-11-21(19)28-24(27-7-2)17(5)30(23)25/h6-14,17H,1-3,26H2,4-5H3,(H,27,28). The SMILES string of the molecule is C=CN=C1Nc2ccccc2-c2nc(-c3ccc(C)c(N)c3)c(C(=C)C=C)n2C1C. The molecule has 1 aliphatic rings. The summed E-state index contributed by atoms with van der Waals surface area (Å²) in [6, 6.07) is 14.0. The smallest absolute Gasteiger partial charge is 0.143 e. The van der Waals surface area contributed by atoms with Gasteiger partial charge in [0.15, 0.2) is 0 Å². The maximum atomic E-state index is 6.21. The number of nitrogens with zero attached hydrogens (tertiary/aromatic N) is 3. The lowest BCUT2D eigenvalue weighted by Gasteiger charge is -2.19. The van der Waals surface area contributed by atoms with Crippen molar-refractivity contribution in [1.29, 1.82) is 0 Å². The summed E-state index contributed by atoms with van der Waals surface area (Å²) in [5.41, 5.74) is 13.4. The molecule has 1 unspecified atom stereocenters. The summed E-state index contributed by atoms with van der Waals surface area (Å²) in [6.45, 7) is 16.1. The van der Waals surface area contributed by atoms with Crippen LogP contribution < -0.4 is 11.1 Å². The average Bonchev–Trinajstić information content (AvgIpc) is 3.10. The first-order valence-corrected chi connectivity index (χ1v) is 9.81. The highest BCUT2D eigenvalue weighted by Crippen LogP contribution is 2.41. The van der Waals surface area contributed by atoms with Gasteiger partial charge in [-0.3, -0.25) is 0 Å². The van der Waals surface area contributed by atoms with Crippen LogP contribution in [0.25, 0.3) is 28.2 Å². The van der Waals surface area contributed by atoms with Crippen LogP contribution in [0.4, 0.5) is 11.4 Å². The van der Waals surface area contributed by atoms with Gasteiger partial charge in [-0.15, -0.1) is 0 Å². The first-order chi connectivity index (χ1) is 14.5. The van der Waals surface area contributed by atoms with E-state index in [-0.39, 0.29) is 6.04 Å². The number of nitrogen functional groups attached to an aromatic ring is 1. The Bertz CT molecular complexity index is 1210. The molecular weight excluding hydrogens is 370 g/mol. The zero-order valence-corrected chi connectivity index (χ0v) is 17.3. The third-order valence-corrected chi connectivity index (χ3v) is 5.46. The predicted molar refractivity (Wildman–Crippen MR) is 127 cm³/mol. The molecule has 5 heteroatoms. The number of allylic oxidation sites excluding steroid dienone is 2. The number of hydrogen-bond donors (Lipinski definition) is 2. The van der Waals surface area contributed by atoms with Gasteiger partial charge in [0, 0.05) is 23.0 Å². The van der Waals surface area contributed by atoms with Gasteiger partial charge in [0.05, 0.1) is 23.1 Å². The maximum Gasteiger partial charge on any atom is 0.143 e. The van der Waals surface area contributed by atoms with Crippen molar-refractivity contribution in [3.05, 3.63) is 85.7 Å². The van der Waals surface area contributed by atoms with Crippen LogP contribution in [0.5, 0.6) is 0 Å². The second-order valence-electron chi connectivity index (χ2n) is 7.35. The Balaban J connectivity index is 2.10. The fraction of sp³-hybridized carbons (Fsp3) is 0.120. The highest BCUT2D eigenvalue weighted by atomic mass is 15.2. The van der Waals surface area contributed by atoms with Crippen LogP contribution in [-0.2, 0) is 0 Å². The molecular formula is C25H25N5. The highest BCUT2D eigenvalue weighted by Gasteiger charge is 2.30. The van der Waals surface area contributed by atoms with E-state index >= 15 is 0 Å². The van der Waals surface area contributed by atoms with Gasteiger partial charge in [-0.1, -0.05) is 50.1 Å². The van der Waals surface area contributed by atoms with E-state index in [1.54, 1.807) is 12.3 Å². The highest BCUT2D eigenvalue weighted by molar-refractivity contribution is 6.04. The van der Waals surface area contributed by atoms with Gasteiger partial charge < -0.3 is 15.6 Å². The van der Waals surface area contributed by atoms with Gasteiger partial charge in [-0.05, 0) is 43.2 Å². The second kappa shape index (κ2) is 7.52. The second-order valence-corrected chi connectivity index (χ2v) is 7.35. The van der Waals surface area contributed by atoms with E-state index in [0.717, 1.165) is 56.7 Å². The lowest BCUT2D eigenvalue weighted by Crippen LogP contribution is -2.23. The molecule has 5 nitrogen and oxygen atoms in total. The third kappa shape index (κ3) is 3.05. The van der Waals surface area contributed by atoms with Crippen LogP contribution in [0.15, 0.2) is 79.5 Å². The minimum Gasteiger partial charge on any atom is -0.398 e. The molecule has 0 bridgehead atoms. The largest absolute Gasteiger partial charge is 0.398 e. The monoisotopic (exact) mass is 395 g/mol. The Kier molecular flexibility index (Phi) is 4.88. The molecule has 4 rings (SSSR count). The number of rotatable bonds is 4. The molecule has 0 spiro atoms. The maximum absolute atomic E-state index is 6.21. The first kappa shape index (κ1) is 19.5. The molecule has 1 aliphatic heterocycles. The molecule has 2 heterocycles. The van der Waals surface area contributed by atoms with Gasteiger partial charge >= 0.3 is 0 Å². The van der Waals surface area contributed by atoms with E-state index in [1.165, 1.54) is 0 Å². The minimum absolute atomic E-state index is 0.124. The topological polar surface area (TPSA) is 68.2 Å². The molecule has 3 N–H and O–H groups in total. The number of nitrogens with two attached hydrogens (primary N) is 1. The normalized spacial score (nSPS) is 16.2. The number of amidine groups is 1. The number of benzene rings is 2. The van der Waals surface area contributed by atoms with Crippen LogP contribution in [-0.4, -0.2) is 15.4 Å². The Labute approximate surface area is 177 Å². The Morgan fingerprint density at radius 3 is 2.70 bits per heavy atom. The van der Waals surface area contributed by atoms with Gasteiger partial charge in [0.25, 0.3) is 0 Å². The van der Waals surface area contributed by atoms with Crippen LogP contribution in [0.2, 0.25) is 0 Å². The fourth-order valence-corrected chi connectivity index (χ4v) is 3.78. The lowest BCUT2D eigenvalue weighted by atomic mass is 10.0. The number of aryl methyl sites for hydroxylation is 1. The molecule has 0 amide bonds. The van der Waals surface area contributed by atoms with Crippen molar-refractivity contribution in [3.8, 4) is 22.6 Å². The predicted octanol–water partition coefficient (Wildman–Crippen LogP) is 5.84. The first-order valence-electron chi connectivity index (χ1n) is 9.81. The van der Waals surface area contributed by atoms with Crippen molar-refractivity contribution >= 4 is 22.8 Å². The molecule has 150 valence electrons. The Morgan fingerprint density at radius 1 is 1.23 bits per heavy atom. The molecule has 3 aromatic rings. The van der Waals surface area contributed by atoms with E-state index in [1.807, 2.05) is 43.3 Å². The van der Waals surface area contributed by atoms with E-state index in [0.29, 0.717) is 0 Å². The summed E-state index contributed by atoms with van der Waals surface area (Å²) in [4.78, 5) is 9.59. The molecule has 0 aliphatic carbocycles. The number of para-hydroxylation sites is 1. The summed E-state index contributed by atoms with van der Waals surface area (Å²) >= 11 is 0. The Morgan fingerprint density at radius 2 is 2.00 bits per heavy atom. The molecule has 0 radical (unpaired) electrons. The van der Waals surface area contributed by atoms with Gasteiger partial charge in [0.1, 0.15) is 11.7 Å². The van der Waals surface area contributed by atoms with Gasteiger partial charge in [-0.25, -0.2) is 9.98 Å². The van der Waals surface area contributed by atoms with Crippen LogP contribution in [0.1, 0.15) is 24.2 Å². The van der Waals surface area contributed by atoms with Crippen LogP contribution >= 0.6 is 0 Å². The molecule has 1 aromatic heterocycles. The third-order valence-electron chi connectivity index (χ3n) is 5.46. The fourth-order valence-electron chi connectivity index (χ4n) is 3.78. The number of aromatic nitrogens is 2. The summed E-state index contributed by atoms with van der Waals surface area (Å²) in [7, 11) is 0. The molecule has 0 saturated heterocycles. The Hall–Kier alpha value is -3.86. The van der Waals surface area contributed by atoms with Crippen molar-refractivity contribution < 1.29 is 0 Å². The van der Waals surface area contributed by atoms with Crippen molar-refractivity contribution in [2.75, 3.05) is 11.1 Å². The van der Waals surface area contributed by atoms with E-state index in [9.17, 15) is 0 Å². The van der Waals surface area contributed by atoms with Gasteiger partial charge in [-0.2, -0.15) is 0 Å². The summed E-state index contributed by atoms with van der Waals surface area (Å²) in [5.74, 6) is 1.62. The van der Waals surface area contributed by atoms with Crippen molar-refractivity contribution in [3.63, 3.8) is 0 Å². The average molecular weight is 396 g/mol. The molecule has 2 aromatic carbocycles. The minimum atomic E-state index is -0.124. The molecule has 0 fully saturated rings. The number of hydrogen-bond acceptors (Lipinski definition) is 3. The van der Waals surface area contributed by atoms with E-state index < -0.39 is 0 Å². The molecule has 0 saturated carbocycles. The quantitative estimate of drug-likeness (QED) is 0.431. The zero-order valence-electron chi connectivity index (χ0n) is 17.3. The van der Waals surface area contributed by atoms with Crippen LogP contribution in [0.3, 0.4) is 0 Å². The number of nitrogens with one attached hydrogen (secondary N) is 1. The van der Waals surface area contributed by atoms with Gasteiger partial charge in [0.2, 0.25) is 0 Å². The zero-order chi connectivity index (χ0) is 21.4. The molecule has 30 heavy (non-hydrogen) atoms. The summed E-state index contributed by atoms with van der Waals surface area (Å²) in [5, 5.41) is 3.45. The molecule has 1 atom stereocenters. The van der Waals surface area contributed by atoms with E-state index in [2.05, 4.69) is 47.6 Å². The summed E-state index contributed by atoms with van der Waals surface area (Å²) in [6.07, 6.45) is 3.31. The van der Waals surface area contributed by atoms with E-state index in [4.69, 9.17) is 10.7 Å². The number of aliphatic imine (C=N–C) groups is 1. The van der Waals surface area contributed by atoms with Crippen molar-refractivity contribution in [2.45, 2.75) is 19.9 Å². The lowest BCUT2D eigenvalue weighted by molar-refractivity contribution is 0.697. The number of fused-ring (bicyclic) bond motifs is 3. The van der Waals surface area contributed by atoms with Crippen molar-refractivity contribution in [1.82, 2.24) is 9.55 Å². The van der Waals surface area contributed by atoms with Crippen LogP contribution in [0, 0.1) is 6.92 Å². The number of anilines is 2. The summed E-state index contributed by atoms with van der Waals surface area (Å²) < 4.78 is 2.16.